The first-order valence-corrected chi connectivity index (χ1v) is 16.7. The lowest BCUT2D eigenvalue weighted by atomic mass is 9.78. The number of aryl methyl sites for hydroxylation is 2. The van der Waals surface area contributed by atoms with E-state index in [0.29, 0.717) is 44.0 Å². The molecule has 2 aromatic carbocycles. The van der Waals surface area contributed by atoms with E-state index in [0.717, 1.165) is 33.4 Å². The van der Waals surface area contributed by atoms with Crippen LogP contribution in [0.25, 0.3) is 0 Å². The number of ether oxygens (including phenoxy) is 4. The highest BCUT2D eigenvalue weighted by molar-refractivity contribution is 5.70. The molecule has 8 nitrogen and oxygen atoms in total. The molecule has 0 radical (unpaired) electrons. The monoisotopic (exact) mass is 656 g/mol. The first-order valence-electron chi connectivity index (χ1n) is 16.7. The molecule has 0 saturated carbocycles. The Morgan fingerprint density at radius 2 is 0.809 bits per heavy atom. The predicted octanol–water partition coefficient (Wildman–Crippen LogP) is 8.28. The predicted molar refractivity (Wildman–Crippen MR) is 186 cm³/mol. The SMILES string of the molecule is CC(C)(C)c1cc(CCC(=O)OCOCCCOCOC(=O)CCc2cc(C(C)(C)C)c(O)c(C(C)(C)C)c2)cc(C(C)(C)C)c1O. The number of phenols is 2. The number of rotatable bonds is 14. The molecule has 0 aliphatic heterocycles. The average molecular weight is 657 g/mol. The summed E-state index contributed by atoms with van der Waals surface area (Å²) in [4.78, 5) is 24.7. The zero-order valence-electron chi connectivity index (χ0n) is 31.0. The van der Waals surface area contributed by atoms with Crippen LogP contribution in [0.1, 0.15) is 136 Å². The van der Waals surface area contributed by atoms with Gasteiger partial charge >= 0.3 is 11.9 Å². The van der Waals surface area contributed by atoms with Crippen molar-refractivity contribution >= 4 is 11.9 Å². The van der Waals surface area contributed by atoms with E-state index in [-0.39, 0.29) is 60.0 Å². The van der Waals surface area contributed by atoms with Crippen molar-refractivity contribution in [3.63, 3.8) is 0 Å². The lowest BCUT2D eigenvalue weighted by Gasteiger charge is -2.28. The third-order valence-electron chi connectivity index (χ3n) is 7.99. The van der Waals surface area contributed by atoms with Crippen LogP contribution in [0.15, 0.2) is 24.3 Å². The summed E-state index contributed by atoms with van der Waals surface area (Å²) in [5, 5.41) is 21.8. The third kappa shape index (κ3) is 12.8. The summed E-state index contributed by atoms with van der Waals surface area (Å²) < 4.78 is 21.3. The van der Waals surface area contributed by atoms with E-state index in [2.05, 4.69) is 83.1 Å². The average Bonchev–Trinajstić information content (AvgIpc) is 2.92. The second kappa shape index (κ2) is 16.3. The topological polar surface area (TPSA) is 112 Å². The summed E-state index contributed by atoms with van der Waals surface area (Å²) in [5.74, 6) is -0.0660. The molecule has 0 amide bonds. The van der Waals surface area contributed by atoms with Gasteiger partial charge in [-0.15, -0.1) is 0 Å². The summed E-state index contributed by atoms with van der Waals surface area (Å²) >= 11 is 0. The minimum Gasteiger partial charge on any atom is -0.507 e. The van der Waals surface area contributed by atoms with E-state index >= 15 is 0 Å². The summed E-state index contributed by atoms with van der Waals surface area (Å²) in [7, 11) is 0. The molecule has 8 heteroatoms. The van der Waals surface area contributed by atoms with E-state index in [1.54, 1.807) is 0 Å². The normalized spacial score (nSPS) is 12.7. The fraction of sp³-hybridized carbons (Fsp3) is 0.641. The standard InChI is InChI=1S/C39H60O8/c1-36(2,3)28-20-26(21-29(34(28)42)37(4,5)6)14-16-32(40)46-24-44-18-13-19-45-25-47-33(41)17-15-27-22-30(38(7,8)9)35(43)31(23-27)39(10,11)12/h20-23,42-43H,13-19,24-25H2,1-12H3. The van der Waals surface area contributed by atoms with Crippen molar-refractivity contribution in [2.24, 2.45) is 0 Å². The minimum atomic E-state index is -0.354. The van der Waals surface area contributed by atoms with Crippen LogP contribution in [0, 0.1) is 0 Å². The Kier molecular flexibility index (Phi) is 13.9. The quantitative estimate of drug-likeness (QED) is 0.119. The number of esters is 2. The fourth-order valence-electron chi connectivity index (χ4n) is 5.20. The van der Waals surface area contributed by atoms with Crippen molar-refractivity contribution in [1.82, 2.24) is 0 Å². The number of aromatic hydroxyl groups is 2. The van der Waals surface area contributed by atoms with Crippen LogP contribution in [0.5, 0.6) is 11.5 Å². The van der Waals surface area contributed by atoms with Gasteiger partial charge in [0.2, 0.25) is 0 Å². The lowest BCUT2D eigenvalue weighted by Crippen LogP contribution is -2.18. The Morgan fingerprint density at radius 1 is 0.532 bits per heavy atom. The Morgan fingerprint density at radius 3 is 1.06 bits per heavy atom. The summed E-state index contributed by atoms with van der Waals surface area (Å²) in [6, 6.07) is 7.91. The van der Waals surface area contributed by atoms with Gasteiger partial charge in [0, 0.05) is 12.8 Å². The van der Waals surface area contributed by atoms with Gasteiger partial charge in [0.15, 0.2) is 13.6 Å². The number of carbonyl (C=O) groups is 2. The molecular formula is C39H60O8. The Hall–Kier alpha value is -3.10. The molecule has 0 aromatic heterocycles. The van der Waals surface area contributed by atoms with Gasteiger partial charge in [0.05, 0.1) is 13.2 Å². The van der Waals surface area contributed by atoms with Crippen LogP contribution in [-0.4, -0.2) is 49.0 Å². The highest BCUT2D eigenvalue weighted by atomic mass is 16.7. The van der Waals surface area contributed by atoms with E-state index in [1.807, 2.05) is 24.3 Å². The van der Waals surface area contributed by atoms with Gasteiger partial charge in [-0.2, -0.15) is 0 Å². The molecule has 264 valence electrons. The minimum absolute atomic E-state index is 0.144. The highest BCUT2D eigenvalue weighted by Crippen LogP contribution is 2.41. The number of hydrogen-bond acceptors (Lipinski definition) is 8. The van der Waals surface area contributed by atoms with Crippen molar-refractivity contribution in [2.75, 3.05) is 26.8 Å². The molecule has 0 saturated heterocycles. The van der Waals surface area contributed by atoms with Gasteiger partial charge in [0.25, 0.3) is 0 Å². The summed E-state index contributed by atoms with van der Waals surface area (Å²) in [5.41, 5.74) is 4.50. The van der Waals surface area contributed by atoms with Gasteiger partial charge in [-0.1, -0.05) is 107 Å². The molecule has 0 aliphatic rings. The molecule has 0 atom stereocenters. The molecule has 2 rings (SSSR count). The van der Waals surface area contributed by atoms with Crippen molar-refractivity contribution < 1.29 is 38.7 Å². The van der Waals surface area contributed by atoms with E-state index < -0.39 is 0 Å². The largest absolute Gasteiger partial charge is 0.507 e. The number of hydrogen-bond donors (Lipinski definition) is 2. The Balaban J connectivity index is 1.68. The molecule has 2 N–H and O–H groups in total. The molecule has 0 unspecified atom stereocenters. The van der Waals surface area contributed by atoms with Crippen molar-refractivity contribution in [1.29, 1.82) is 0 Å². The van der Waals surface area contributed by atoms with Crippen LogP contribution in [0.3, 0.4) is 0 Å². The van der Waals surface area contributed by atoms with Crippen LogP contribution in [0.2, 0.25) is 0 Å². The second-order valence-corrected chi connectivity index (χ2v) is 16.5. The maximum Gasteiger partial charge on any atom is 0.308 e. The van der Waals surface area contributed by atoms with Gasteiger partial charge in [-0.25, -0.2) is 0 Å². The first-order chi connectivity index (χ1) is 21.5. The van der Waals surface area contributed by atoms with Crippen LogP contribution < -0.4 is 0 Å². The van der Waals surface area contributed by atoms with Crippen molar-refractivity contribution in [3.05, 3.63) is 57.6 Å². The first kappa shape index (κ1) is 40.1. The molecule has 2 aromatic rings. The number of carbonyl (C=O) groups excluding carboxylic acids is 2. The molecule has 0 heterocycles. The van der Waals surface area contributed by atoms with Gasteiger partial charge in [-0.05, 0) is 74.3 Å². The smallest absolute Gasteiger partial charge is 0.308 e. The Bertz CT molecular complexity index is 1170. The van der Waals surface area contributed by atoms with E-state index in [9.17, 15) is 19.8 Å². The molecule has 47 heavy (non-hydrogen) atoms. The molecular weight excluding hydrogens is 596 g/mol. The molecule has 0 aliphatic carbocycles. The lowest BCUT2D eigenvalue weighted by molar-refractivity contribution is -0.158. The summed E-state index contributed by atoms with van der Waals surface area (Å²) in [6.45, 7) is 25.1. The van der Waals surface area contributed by atoms with E-state index in [1.165, 1.54) is 0 Å². The maximum atomic E-state index is 12.3. The number of phenolic OH excluding ortho intramolecular Hbond substituents is 2. The molecule has 0 spiro atoms. The van der Waals surface area contributed by atoms with Crippen LogP contribution >= 0.6 is 0 Å². The summed E-state index contributed by atoms with van der Waals surface area (Å²) in [6.07, 6.45) is 1.97. The van der Waals surface area contributed by atoms with Gasteiger partial charge in [0.1, 0.15) is 11.5 Å². The third-order valence-corrected chi connectivity index (χ3v) is 7.99. The van der Waals surface area contributed by atoms with Gasteiger partial charge in [-0.3, -0.25) is 9.59 Å². The Labute approximate surface area is 283 Å². The molecule has 0 fully saturated rings. The van der Waals surface area contributed by atoms with Crippen molar-refractivity contribution in [2.45, 2.75) is 137 Å². The molecule has 0 bridgehead atoms. The zero-order valence-corrected chi connectivity index (χ0v) is 31.0. The highest BCUT2D eigenvalue weighted by Gasteiger charge is 2.28. The second-order valence-electron chi connectivity index (χ2n) is 16.5. The zero-order chi connectivity index (χ0) is 35.8. The van der Waals surface area contributed by atoms with Crippen LogP contribution in [0.4, 0.5) is 0 Å². The van der Waals surface area contributed by atoms with E-state index in [4.69, 9.17) is 18.9 Å². The van der Waals surface area contributed by atoms with Crippen molar-refractivity contribution in [3.8, 4) is 11.5 Å². The fourth-order valence-corrected chi connectivity index (χ4v) is 5.20. The maximum absolute atomic E-state index is 12.3. The van der Waals surface area contributed by atoms with Crippen LogP contribution in [-0.2, 0) is 63.0 Å². The number of benzene rings is 2. The van der Waals surface area contributed by atoms with Gasteiger partial charge < -0.3 is 29.2 Å².